The van der Waals surface area contributed by atoms with E-state index in [1.807, 2.05) is 0 Å². The molecule has 0 spiro atoms. The van der Waals surface area contributed by atoms with Crippen LogP contribution in [0.5, 0.6) is 0 Å². The smallest absolute Gasteiger partial charge is 0 e. The van der Waals surface area contributed by atoms with E-state index in [-0.39, 0.29) is 117 Å². The van der Waals surface area contributed by atoms with E-state index >= 15 is 0 Å². The summed E-state index contributed by atoms with van der Waals surface area (Å²) in [7, 11) is 0. The van der Waals surface area contributed by atoms with Crippen molar-refractivity contribution in [3.8, 4) is 0 Å². The third kappa shape index (κ3) is 65.9. The molecule has 0 heterocycles. The molecule has 50 valence electrons. The molecule has 0 amide bonds. The molecule has 2 radical (unpaired) electrons. The molecular weight excluding hydrogens is 407 g/mol. The van der Waals surface area contributed by atoms with Crippen LogP contribution in [0.2, 0.25) is 0 Å². The van der Waals surface area contributed by atoms with Crippen LogP contribution in [-0.2, 0) is 65.2 Å². The van der Waals surface area contributed by atoms with Crippen molar-refractivity contribution >= 4 is 27.3 Å². The van der Waals surface area contributed by atoms with E-state index in [9.17, 15) is 0 Å². The van der Waals surface area contributed by atoms with Crippen molar-refractivity contribution in [1.29, 1.82) is 0 Å². The monoisotopic (exact) mass is 422 g/mol. The molecule has 0 bridgehead atoms. The van der Waals surface area contributed by atoms with Gasteiger partial charge in [0.15, 0.2) is 0 Å². The zero-order valence-electron chi connectivity index (χ0n) is 5.04. The Hall–Kier alpha value is 2.90. The molecule has 4 nitrogen and oxygen atoms in total. The maximum Gasteiger partial charge on any atom is 0 e. The molecule has 0 atom stereocenters. The van der Waals surface area contributed by atoms with Gasteiger partial charge in [-0.1, -0.05) is 0 Å². The topological polar surface area (TPSA) is 140 Å². The maximum atomic E-state index is 0. The molecule has 0 unspecified atom stereocenters. The van der Waals surface area contributed by atoms with Crippen LogP contribution in [0.4, 0.5) is 0 Å². The standard InChI is InChI=1S/4H3N.Pb.3Ti.2H/h4*1H3;;;;;;. The Bertz CT molecular complexity index is 11.2. The Morgan fingerprint density at radius 2 is 0.375 bits per heavy atom. The van der Waals surface area contributed by atoms with E-state index in [2.05, 4.69) is 0 Å². The predicted molar refractivity (Wildman–Crippen MR) is 28.6 cm³/mol. The van der Waals surface area contributed by atoms with E-state index in [1.165, 1.54) is 0 Å². The van der Waals surface area contributed by atoms with Crippen molar-refractivity contribution in [3.05, 3.63) is 0 Å². The summed E-state index contributed by atoms with van der Waals surface area (Å²) in [6.07, 6.45) is 0. The van der Waals surface area contributed by atoms with Gasteiger partial charge in [0.05, 0.1) is 0 Å². The Kier molecular flexibility index (Phi) is 1480. The van der Waals surface area contributed by atoms with Gasteiger partial charge in [0.25, 0.3) is 0 Å². The van der Waals surface area contributed by atoms with Gasteiger partial charge < -0.3 is 24.6 Å². The molecule has 0 aliphatic carbocycles. The number of rotatable bonds is 0. The minimum absolute atomic E-state index is 0. The molecule has 8 heavy (non-hydrogen) atoms. The first-order valence-corrected chi connectivity index (χ1v) is 0. The van der Waals surface area contributed by atoms with Gasteiger partial charge >= 0.3 is 27.3 Å². The molecule has 0 saturated carbocycles. The Morgan fingerprint density at radius 1 is 0.375 bits per heavy atom. The molecule has 12 N–H and O–H groups in total. The third-order valence-corrected chi connectivity index (χ3v) is 0. The van der Waals surface area contributed by atoms with Crippen molar-refractivity contribution in [1.82, 2.24) is 24.6 Å². The average Bonchev–Trinajstić information content (AvgIpc) is 0. The molecule has 0 aromatic rings. The summed E-state index contributed by atoms with van der Waals surface area (Å²) < 4.78 is 0. The zero-order valence-corrected chi connectivity index (χ0v) is 15.2. The van der Waals surface area contributed by atoms with Crippen LogP contribution in [0, 0.1) is 0 Å². The van der Waals surface area contributed by atoms with E-state index < -0.39 is 0 Å². The van der Waals surface area contributed by atoms with Crippen LogP contribution < -0.4 is 24.6 Å². The molecule has 8 heteroatoms. The molecule has 0 aromatic carbocycles. The largest absolute Gasteiger partial charge is 0 e. The van der Waals surface area contributed by atoms with Crippen molar-refractivity contribution in [2.75, 3.05) is 0 Å². The van der Waals surface area contributed by atoms with E-state index in [0.29, 0.717) is 0 Å². The van der Waals surface area contributed by atoms with Crippen molar-refractivity contribution in [2.24, 2.45) is 0 Å². The quantitative estimate of drug-likeness (QED) is 0.400. The van der Waals surface area contributed by atoms with Crippen LogP contribution in [0.3, 0.4) is 0 Å². The molecule has 0 saturated heterocycles. The SMILES string of the molecule is N.N.N.N.[PbH2].[Ti].[Ti].[Ti]. The summed E-state index contributed by atoms with van der Waals surface area (Å²) in [6, 6.07) is 0. The summed E-state index contributed by atoms with van der Waals surface area (Å²) in [5, 5.41) is 0. The predicted octanol–water partition coefficient (Wildman–Crippen LogP) is -0.276. The second-order valence-corrected chi connectivity index (χ2v) is 0. The average molecular weight is 421 g/mol. The second-order valence-electron chi connectivity index (χ2n) is 0. The van der Waals surface area contributed by atoms with Crippen LogP contribution in [0.15, 0.2) is 0 Å². The normalized spacial score (nSPS) is 0. The van der Waals surface area contributed by atoms with Crippen molar-refractivity contribution in [2.45, 2.75) is 0 Å². The number of hydrogen-bond acceptors (Lipinski definition) is 4. The molecule has 0 fully saturated rings. The summed E-state index contributed by atoms with van der Waals surface area (Å²) in [5.74, 6) is 0. The first-order valence-electron chi connectivity index (χ1n) is 0. The Labute approximate surface area is 115 Å². The van der Waals surface area contributed by atoms with Gasteiger partial charge in [0.2, 0.25) is 0 Å². The van der Waals surface area contributed by atoms with Gasteiger partial charge in [0, 0.05) is 65.2 Å². The molecule has 0 aromatic heterocycles. The van der Waals surface area contributed by atoms with Gasteiger partial charge in [-0.25, -0.2) is 0 Å². The molecule has 0 rings (SSSR count). The van der Waals surface area contributed by atoms with Gasteiger partial charge in [0.1, 0.15) is 0 Å². The van der Waals surface area contributed by atoms with Crippen molar-refractivity contribution < 1.29 is 65.2 Å². The van der Waals surface area contributed by atoms with Gasteiger partial charge in [-0.15, -0.1) is 0 Å². The Balaban J connectivity index is 0. The number of hydrogen-bond donors (Lipinski definition) is 4. The summed E-state index contributed by atoms with van der Waals surface area (Å²) in [6.45, 7) is 0. The summed E-state index contributed by atoms with van der Waals surface area (Å²) in [4.78, 5) is 0. The first-order chi connectivity index (χ1) is 0. The van der Waals surface area contributed by atoms with Crippen molar-refractivity contribution in [3.63, 3.8) is 0 Å². The maximum absolute atomic E-state index is 0. The fourth-order valence-electron chi connectivity index (χ4n) is 0. The van der Waals surface area contributed by atoms with E-state index in [0.717, 1.165) is 0 Å². The Morgan fingerprint density at radius 3 is 0.375 bits per heavy atom. The van der Waals surface area contributed by atoms with E-state index in [1.54, 1.807) is 0 Å². The molecular formula is H14N4PbTi3. The summed E-state index contributed by atoms with van der Waals surface area (Å²) in [5.41, 5.74) is 0. The van der Waals surface area contributed by atoms with Crippen LogP contribution in [-0.4, -0.2) is 27.3 Å². The van der Waals surface area contributed by atoms with Gasteiger partial charge in [-0.2, -0.15) is 0 Å². The summed E-state index contributed by atoms with van der Waals surface area (Å²) >= 11 is 0. The molecule has 0 aliphatic rings. The minimum atomic E-state index is 0. The zero-order chi connectivity index (χ0) is 0. The van der Waals surface area contributed by atoms with Crippen LogP contribution >= 0.6 is 0 Å². The fraction of sp³-hybridized carbons (Fsp3) is 0. The molecule has 0 aliphatic heterocycles. The first kappa shape index (κ1) is 127. The van der Waals surface area contributed by atoms with Gasteiger partial charge in [-0.05, 0) is 0 Å². The van der Waals surface area contributed by atoms with Crippen LogP contribution in [0.1, 0.15) is 0 Å². The second kappa shape index (κ2) is 93.1. The minimum Gasteiger partial charge on any atom is 0 e. The fourth-order valence-corrected chi connectivity index (χ4v) is 0. The third-order valence-electron chi connectivity index (χ3n) is 0. The van der Waals surface area contributed by atoms with Crippen LogP contribution in [0.25, 0.3) is 0 Å². The van der Waals surface area contributed by atoms with Gasteiger partial charge in [-0.3, -0.25) is 0 Å². The van der Waals surface area contributed by atoms with E-state index in [4.69, 9.17) is 0 Å².